The van der Waals surface area contributed by atoms with Gasteiger partial charge in [0.05, 0.1) is 0 Å². The molecule has 0 spiro atoms. The van der Waals surface area contributed by atoms with Crippen LogP contribution >= 0.6 is 15.9 Å². The van der Waals surface area contributed by atoms with E-state index in [4.69, 9.17) is 0 Å². The molecule has 0 aliphatic carbocycles. The molecule has 1 heterocycles. The van der Waals surface area contributed by atoms with Crippen LogP contribution in [0, 0.1) is 0 Å². The molecule has 1 amide bonds. The maximum Gasteiger partial charge on any atom is 0.223 e. The zero-order chi connectivity index (χ0) is 12.6. The van der Waals surface area contributed by atoms with Gasteiger partial charge in [0.1, 0.15) is 0 Å². The number of carbonyl (C=O) groups excluding carboxylic acids is 2. The average molecular weight is 296 g/mol. The lowest BCUT2D eigenvalue weighted by molar-refractivity contribution is -0.116. The summed E-state index contributed by atoms with van der Waals surface area (Å²) in [4.78, 5) is 25.0. The Labute approximate surface area is 109 Å². The van der Waals surface area contributed by atoms with E-state index in [-0.39, 0.29) is 11.7 Å². The van der Waals surface area contributed by atoms with Crippen molar-refractivity contribution in [3.8, 4) is 0 Å². The first-order chi connectivity index (χ1) is 8.04. The summed E-state index contributed by atoms with van der Waals surface area (Å²) in [7, 11) is 0. The van der Waals surface area contributed by atoms with Crippen molar-refractivity contribution in [1.82, 2.24) is 0 Å². The van der Waals surface area contributed by atoms with Gasteiger partial charge in [-0.1, -0.05) is 22.9 Å². The number of nitrogens with zero attached hydrogens (tertiary/aromatic N) is 1. The van der Waals surface area contributed by atoms with Crippen LogP contribution in [0.5, 0.6) is 0 Å². The van der Waals surface area contributed by atoms with E-state index >= 15 is 0 Å². The molecular weight excluding hydrogens is 282 g/mol. The summed E-state index contributed by atoms with van der Waals surface area (Å²) >= 11 is 3.42. The van der Waals surface area contributed by atoms with Gasteiger partial charge in [-0.05, 0) is 24.1 Å². The minimum atomic E-state index is 0.0287. The van der Waals surface area contributed by atoms with Gasteiger partial charge in [-0.25, -0.2) is 0 Å². The molecule has 0 saturated carbocycles. The number of hydrogen-bond donors (Lipinski definition) is 0. The molecule has 0 fully saturated rings. The predicted molar refractivity (Wildman–Crippen MR) is 70.5 cm³/mol. The third kappa shape index (κ3) is 2.14. The van der Waals surface area contributed by atoms with Gasteiger partial charge in [0.15, 0.2) is 5.78 Å². The summed E-state index contributed by atoms with van der Waals surface area (Å²) in [5, 5.41) is 0. The molecule has 1 aromatic carbocycles. The summed E-state index contributed by atoms with van der Waals surface area (Å²) in [6.07, 6.45) is 1.32. The predicted octanol–water partition coefficient (Wildman–Crippen LogP) is 2.95. The van der Waals surface area contributed by atoms with Gasteiger partial charge < -0.3 is 4.90 Å². The number of rotatable bonds is 2. The van der Waals surface area contributed by atoms with Crippen molar-refractivity contribution in [2.24, 2.45) is 0 Å². The van der Waals surface area contributed by atoms with E-state index in [1.807, 2.05) is 19.1 Å². The molecule has 0 N–H and O–H groups in total. The Morgan fingerprint density at radius 1 is 1.41 bits per heavy atom. The maximum atomic E-state index is 11.8. The van der Waals surface area contributed by atoms with Crippen molar-refractivity contribution in [1.29, 1.82) is 0 Å². The lowest BCUT2D eigenvalue weighted by Crippen LogP contribution is -2.25. The molecular formula is C13H14BrNO2. The molecule has 17 heavy (non-hydrogen) atoms. The monoisotopic (exact) mass is 295 g/mol. The third-order valence-corrected chi connectivity index (χ3v) is 3.72. The highest BCUT2D eigenvalue weighted by atomic mass is 79.9. The standard InChI is InChI=1S/C13H14BrNO2/c1-3-13(17)10-7-12-9(6-11(10)14)4-5-15(12)8(2)16/h6-7H,3-5H2,1-2H3. The van der Waals surface area contributed by atoms with Gasteiger partial charge in [0.2, 0.25) is 5.91 Å². The van der Waals surface area contributed by atoms with Crippen LogP contribution < -0.4 is 4.90 Å². The zero-order valence-electron chi connectivity index (χ0n) is 9.92. The van der Waals surface area contributed by atoms with Crippen molar-refractivity contribution in [2.45, 2.75) is 26.7 Å². The van der Waals surface area contributed by atoms with Gasteiger partial charge in [0.25, 0.3) is 0 Å². The second kappa shape index (κ2) is 4.61. The Morgan fingerprint density at radius 2 is 2.12 bits per heavy atom. The highest BCUT2D eigenvalue weighted by molar-refractivity contribution is 9.10. The van der Waals surface area contributed by atoms with Crippen LogP contribution in [0.25, 0.3) is 0 Å². The fraction of sp³-hybridized carbons (Fsp3) is 0.385. The number of amides is 1. The molecule has 0 saturated heterocycles. The van der Waals surface area contributed by atoms with Crippen LogP contribution in [-0.2, 0) is 11.2 Å². The molecule has 1 aliphatic heterocycles. The van der Waals surface area contributed by atoms with Crippen LogP contribution in [0.15, 0.2) is 16.6 Å². The molecule has 0 atom stereocenters. The molecule has 90 valence electrons. The van der Waals surface area contributed by atoms with Crippen molar-refractivity contribution in [3.05, 3.63) is 27.7 Å². The second-order valence-electron chi connectivity index (χ2n) is 4.16. The molecule has 0 aromatic heterocycles. The Morgan fingerprint density at radius 3 is 2.71 bits per heavy atom. The van der Waals surface area contributed by atoms with Gasteiger partial charge >= 0.3 is 0 Å². The number of halogens is 1. The van der Waals surface area contributed by atoms with E-state index in [0.717, 1.165) is 22.1 Å². The maximum absolute atomic E-state index is 11.8. The van der Waals surface area contributed by atoms with Crippen molar-refractivity contribution >= 4 is 33.3 Å². The fourth-order valence-electron chi connectivity index (χ4n) is 2.14. The topological polar surface area (TPSA) is 37.4 Å². The van der Waals surface area contributed by atoms with Crippen LogP contribution in [0.3, 0.4) is 0 Å². The van der Waals surface area contributed by atoms with E-state index < -0.39 is 0 Å². The van der Waals surface area contributed by atoms with Crippen LogP contribution in [-0.4, -0.2) is 18.2 Å². The largest absolute Gasteiger partial charge is 0.312 e. The van der Waals surface area contributed by atoms with Crippen molar-refractivity contribution in [2.75, 3.05) is 11.4 Å². The number of carbonyl (C=O) groups is 2. The second-order valence-corrected chi connectivity index (χ2v) is 5.01. The Balaban J connectivity index is 2.50. The highest BCUT2D eigenvalue weighted by Gasteiger charge is 2.24. The van der Waals surface area contributed by atoms with E-state index in [1.165, 1.54) is 0 Å². The average Bonchev–Trinajstić information content (AvgIpc) is 2.69. The number of ketones is 1. The van der Waals surface area contributed by atoms with Crippen LogP contribution in [0.4, 0.5) is 5.69 Å². The van der Waals surface area contributed by atoms with Crippen LogP contribution in [0.2, 0.25) is 0 Å². The van der Waals surface area contributed by atoms with Crippen LogP contribution in [0.1, 0.15) is 36.2 Å². The summed E-state index contributed by atoms with van der Waals surface area (Å²) in [5.74, 6) is 0.121. The molecule has 1 aliphatic rings. The van der Waals surface area contributed by atoms with E-state index in [2.05, 4.69) is 15.9 Å². The van der Waals surface area contributed by atoms with Crippen molar-refractivity contribution < 1.29 is 9.59 Å². The molecule has 0 unspecified atom stereocenters. The molecule has 0 bridgehead atoms. The fourth-order valence-corrected chi connectivity index (χ4v) is 2.75. The summed E-state index contributed by atoms with van der Waals surface area (Å²) in [5.41, 5.74) is 2.68. The lowest BCUT2D eigenvalue weighted by atomic mass is 10.0. The van der Waals surface area contributed by atoms with Gasteiger partial charge in [-0.15, -0.1) is 0 Å². The Hall–Kier alpha value is -1.16. The number of anilines is 1. The Kier molecular flexibility index (Phi) is 3.33. The first-order valence-electron chi connectivity index (χ1n) is 5.68. The van der Waals surface area contributed by atoms with Crippen molar-refractivity contribution in [3.63, 3.8) is 0 Å². The molecule has 3 nitrogen and oxygen atoms in total. The minimum absolute atomic E-state index is 0.0287. The first kappa shape index (κ1) is 12.3. The van der Waals surface area contributed by atoms with E-state index in [0.29, 0.717) is 18.5 Å². The number of benzene rings is 1. The SMILES string of the molecule is CCC(=O)c1cc2c(cc1Br)CCN2C(C)=O. The number of fused-ring (bicyclic) bond motifs is 1. The highest BCUT2D eigenvalue weighted by Crippen LogP contribution is 2.33. The first-order valence-corrected chi connectivity index (χ1v) is 6.47. The molecule has 4 heteroatoms. The molecule has 0 radical (unpaired) electrons. The normalized spacial score (nSPS) is 13.7. The zero-order valence-corrected chi connectivity index (χ0v) is 11.5. The Bertz CT molecular complexity index is 496. The smallest absolute Gasteiger partial charge is 0.223 e. The van der Waals surface area contributed by atoms with E-state index in [9.17, 15) is 9.59 Å². The minimum Gasteiger partial charge on any atom is -0.312 e. The summed E-state index contributed by atoms with van der Waals surface area (Å²) in [6, 6.07) is 3.79. The summed E-state index contributed by atoms with van der Waals surface area (Å²) in [6.45, 7) is 4.10. The van der Waals surface area contributed by atoms with Gasteiger partial charge in [-0.3, -0.25) is 9.59 Å². The van der Waals surface area contributed by atoms with E-state index in [1.54, 1.807) is 11.8 Å². The molecule has 2 rings (SSSR count). The van der Waals surface area contributed by atoms with Gasteiger partial charge in [-0.2, -0.15) is 0 Å². The van der Waals surface area contributed by atoms with Gasteiger partial charge in [0, 0.05) is 35.6 Å². The lowest BCUT2D eigenvalue weighted by Gasteiger charge is -2.16. The third-order valence-electron chi connectivity index (χ3n) is 3.07. The summed E-state index contributed by atoms with van der Waals surface area (Å²) < 4.78 is 0.827. The molecule has 1 aromatic rings. The number of hydrogen-bond acceptors (Lipinski definition) is 2. The quantitative estimate of drug-likeness (QED) is 0.787. The number of Topliss-reactive ketones (excluding diaryl/α,β-unsaturated/α-hetero) is 1.